The van der Waals surface area contributed by atoms with Crippen molar-refractivity contribution in [2.24, 2.45) is 0 Å². The van der Waals surface area contributed by atoms with Crippen LogP contribution in [0.5, 0.6) is 5.75 Å². The van der Waals surface area contributed by atoms with Crippen LogP contribution >= 0.6 is 0 Å². The quantitative estimate of drug-likeness (QED) is 0.705. The predicted molar refractivity (Wildman–Crippen MR) is 94.6 cm³/mol. The van der Waals surface area contributed by atoms with Crippen molar-refractivity contribution in [3.8, 4) is 5.75 Å². The van der Waals surface area contributed by atoms with Gasteiger partial charge in [-0.05, 0) is 18.2 Å². The third-order valence-electron chi connectivity index (χ3n) is 4.39. The molecule has 0 radical (unpaired) electrons. The molecule has 0 spiro atoms. The zero-order valence-electron chi connectivity index (χ0n) is 14.4. The summed E-state index contributed by atoms with van der Waals surface area (Å²) in [4.78, 5) is 2.09. The fourth-order valence-electron chi connectivity index (χ4n) is 3.13. The molecule has 4 rings (SSSR count). The summed E-state index contributed by atoms with van der Waals surface area (Å²) in [7, 11) is 1.65. The van der Waals surface area contributed by atoms with Gasteiger partial charge in [-0.15, -0.1) is 5.10 Å². The van der Waals surface area contributed by atoms with E-state index in [0.29, 0.717) is 24.4 Å². The minimum absolute atomic E-state index is 0.252. The van der Waals surface area contributed by atoms with Gasteiger partial charge >= 0.3 is 0 Å². The summed E-state index contributed by atoms with van der Waals surface area (Å²) in [5.41, 5.74) is 2.20. The van der Waals surface area contributed by atoms with E-state index in [0.717, 1.165) is 18.0 Å². The predicted octanol–water partition coefficient (Wildman–Crippen LogP) is 3.01. The SMILES string of the molecule is COc1ccccc1N1CCOC1c1cn(Cc2ccccc2F)nn1. The lowest BCUT2D eigenvalue weighted by Crippen LogP contribution is -2.24. The highest BCUT2D eigenvalue weighted by molar-refractivity contribution is 5.59. The Hall–Kier alpha value is -2.93. The van der Waals surface area contributed by atoms with Crippen LogP contribution in [0.15, 0.2) is 54.7 Å². The van der Waals surface area contributed by atoms with Crippen molar-refractivity contribution in [2.75, 3.05) is 25.2 Å². The van der Waals surface area contributed by atoms with E-state index in [4.69, 9.17) is 9.47 Å². The van der Waals surface area contributed by atoms with Crippen LogP contribution in [0.2, 0.25) is 0 Å². The van der Waals surface area contributed by atoms with Crippen LogP contribution in [0.4, 0.5) is 10.1 Å². The number of hydrogen-bond acceptors (Lipinski definition) is 5. The second kappa shape index (κ2) is 7.13. The van der Waals surface area contributed by atoms with Gasteiger partial charge in [-0.2, -0.15) is 0 Å². The van der Waals surface area contributed by atoms with E-state index >= 15 is 0 Å². The lowest BCUT2D eigenvalue weighted by molar-refractivity contribution is 0.110. The highest BCUT2D eigenvalue weighted by Crippen LogP contribution is 2.36. The molecule has 0 amide bonds. The minimum Gasteiger partial charge on any atom is -0.495 e. The molecule has 134 valence electrons. The number of ether oxygens (including phenoxy) is 2. The molecule has 3 aromatic rings. The van der Waals surface area contributed by atoms with Gasteiger partial charge in [0.2, 0.25) is 0 Å². The Bertz CT molecular complexity index is 899. The van der Waals surface area contributed by atoms with Crippen molar-refractivity contribution in [3.05, 3.63) is 71.8 Å². The lowest BCUT2D eigenvalue weighted by Gasteiger charge is -2.25. The molecular formula is C19H19FN4O2. The van der Waals surface area contributed by atoms with Gasteiger partial charge in [0.1, 0.15) is 17.3 Å². The van der Waals surface area contributed by atoms with Crippen LogP contribution in [0.25, 0.3) is 0 Å². The van der Waals surface area contributed by atoms with Crippen molar-refractivity contribution >= 4 is 5.69 Å². The van der Waals surface area contributed by atoms with Crippen molar-refractivity contribution in [3.63, 3.8) is 0 Å². The molecule has 0 bridgehead atoms. The zero-order chi connectivity index (χ0) is 17.9. The zero-order valence-corrected chi connectivity index (χ0v) is 14.4. The van der Waals surface area contributed by atoms with E-state index in [1.54, 1.807) is 36.2 Å². The van der Waals surface area contributed by atoms with Crippen molar-refractivity contribution < 1.29 is 13.9 Å². The summed E-state index contributed by atoms with van der Waals surface area (Å²) in [5, 5.41) is 8.37. The van der Waals surface area contributed by atoms with E-state index < -0.39 is 0 Å². The number of methoxy groups -OCH3 is 1. The van der Waals surface area contributed by atoms with E-state index in [1.807, 2.05) is 24.3 Å². The van der Waals surface area contributed by atoms with Gasteiger partial charge in [-0.3, -0.25) is 0 Å². The van der Waals surface area contributed by atoms with Crippen LogP contribution in [-0.4, -0.2) is 35.3 Å². The third-order valence-corrected chi connectivity index (χ3v) is 4.39. The lowest BCUT2D eigenvalue weighted by atomic mass is 10.2. The standard InChI is InChI=1S/C19H19FN4O2/c1-25-18-9-5-4-8-17(18)24-10-11-26-19(24)16-13-23(22-21-16)12-14-6-2-3-7-15(14)20/h2-9,13,19H,10-12H2,1H3. The molecule has 0 aliphatic carbocycles. The first kappa shape index (κ1) is 16.5. The van der Waals surface area contributed by atoms with Crippen LogP contribution in [0, 0.1) is 5.82 Å². The molecule has 0 N–H and O–H groups in total. The molecule has 1 atom stereocenters. The van der Waals surface area contributed by atoms with Gasteiger partial charge in [-0.25, -0.2) is 9.07 Å². The summed E-state index contributed by atoms with van der Waals surface area (Å²) < 4.78 is 26.8. The van der Waals surface area contributed by atoms with Crippen molar-refractivity contribution in [2.45, 2.75) is 12.8 Å². The van der Waals surface area contributed by atoms with Gasteiger partial charge < -0.3 is 14.4 Å². The Morgan fingerprint density at radius 3 is 2.85 bits per heavy atom. The van der Waals surface area contributed by atoms with Gasteiger partial charge in [0.05, 0.1) is 32.1 Å². The summed E-state index contributed by atoms with van der Waals surface area (Å²) >= 11 is 0. The fourth-order valence-corrected chi connectivity index (χ4v) is 3.13. The molecule has 1 aromatic heterocycles. The monoisotopic (exact) mass is 354 g/mol. The average Bonchev–Trinajstić information content (AvgIpc) is 3.32. The van der Waals surface area contributed by atoms with E-state index in [2.05, 4.69) is 15.2 Å². The van der Waals surface area contributed by atoms with E-state index in [-0.39, 0.29) is 12.0 Å². The van der Waals surface area contributed by atoms with Crippen LogP contribution in [-0.2, 0) is 11.3 Å². The first-order chi connectivity index (χ1) is 12.8. The molecule has 7 heteroatoms. The first-order valence-electron chi connectivity index (χ1n) is 8.41. The maximum Gasteiger partial charge on any atom is 0.177 e. The third kappa shape index (κ3) is 3.13. The molecule has 1 unspecified atom stereocenters. The van der Waals surface area contributed by atoms with E-state index in [9.17, 15) is 4.39 Å². The maximum absolute atomic E-state index is 13.8. The molecule has 0 saturated carbocycles. The highest BCUT2D eigenvalue weighted by atomic mass is 19.1. The number of rotatable bonds is 5. The largest absolute Gasteiger partial charge is 0.495 e. The number of nitrogens with zero attached hydrogens (tertiary/aromatic N) is 4. The van der Waals surface area contributed by atoms with Crippen LogP contribution in [0.3, 0.4) is 0 Å². The highest BCUT2D eigenvalue weighted by Gasteiger charge is 2.31. The fraction of sp³-hybridized carbons (Fsp3) is 0.263. The van der Waals surface area contributed by atoms with Gasteiger partial charge in [0.25, 0.3) is 0 Å². The Labute approximate surface area is 150 Å². The summed E-state index contributed by atoms with van der Waals surface area (Å²) in [6.07, 6.45) is 1.45. The molecule has 1 aliphatic rings. The molecular weight excluding hydrogens is 335 g/mol. The van der Waals surface area contributed by atoms with Crippen LogP contribution < -0.4 is 9.64 Å². The Morgan fingerprint density at radius 2 is 2.00 bits per heavy atom. The Kier molecular flexibility index (Phi) is 4.53. The number of anilines is 1. The molecule has 1 fully saturated rings. The Morgan fingerprint density at radius 1 is 1.19 bits per heavy atom. The molecule has 6 nitrogen and oxygen atoms in total. The average molecular weight is 354 g/mol. The number of aromatic nitrogens is 3. The van der Waals surface area contributed by atoms with Gasteiger partial charge in [0, 0.05) is 12.1 Å². The summed E-state index contributed by atoms with van der Waals surface area (Å²) in [5.74, 6) is 0.527. The van der Waals surface area contributed by atoms with Crippen LogP contribution in [0.1, 0.15) is 17.5 Å². The first-order valence-corrected chi connectivity index (χ1v) is 8.41. The topological polar surface area (TPSA) is 52.4 Å². The number of hydrogen-bond donors (Lipinski definition) is 0. The second-order valence-electron chi connectivity index (χ2n) is 6.02. The number of para-hydroxylation sites is 2. The smallest absolute Gasteiger partial charge is 0.177 e. The molecule has 1 aliphatic heterocycles. The number of halogens is 1. The second-order valence-corrected chi connectivity index (χ2v) is 6.02. The Balaban J connectivity index is 1.57. The van der Waals surface area contributed by atoms with Gasteiger partial charge in [-0.1, -0.05) is 35.5 Å². The normalized spacial score (nSPS) is 16.8. The molecule has 2 aromatic carbocycles. The molecule has 1 saturated heterocycles. The van der Waals surface area contributed by atoms with Crippen molar-refractivity contribution in [1.29, 1.82) is 0 Å². The van der Waals surface area contributed by atoms with Gasteiger partial charge in [0.15, 0.2) is 6.23 Å². The van der Waals surface area contributed by atoms with E-state index in [1.165, 1.54) is 6.07 Å². The maximum atomic E-state index is 13.8. The minimum atomic E-state index is -0.347. The molecule has 26 heavy (non-hydrogen) atoms. The van der Waals surface area contributed by atoms with Crippen molar-refractivity contribution in [1.82, 2.24) is 15.0 Å². The number of benzene rings is 2. The summed E-state index contributed by atoms with van der Waals surface area (Å²) in [6.45, 7) is 1.63. The molecule has 2 heterocycles. The summed E-state index contributed by atoms with van der Waals surface area (Å²) in [6, 6.07) is 14.5.